The molecule has 22 heavy (non-hydrogen) atoms. The second-order valence-corrected chi connectivity index (χ2v) is 7.59. The minimum atomic E-state index is 0.0497. The topological polar surface area (TPSA) is 52.1 Å². The van der Waals surface area contributed by atoms with Crippen molar-refractivity contribution in [2.45, 2.75) is 58.7 Å². The number of nitrogens with one attached hydrogen (secondary N) is 1. The van der Waals surface area contributed by atoms with Gasteiger partial charge in [-0.3, -0.25) is 10.00 Å². The molecule has 0 spiro atoms. The Morgan fingerprint density at radius 3 is 2.64 bits per heavy atom. The van der Waals surface area contributed by atoms with Gasteiger partial charge in [0.05, 0.1) is 12.3 Å². The fraction of sp³-hybridized carbons (Fsp3) is 0.588. The van der Waals surface area contributed by atoms with Gasteiger partial charge in [-0.05, 0) is 34.9 Å². The third kappa shape index (κ3) is 4.41. The molecule has 0 aliphatic rings. The maximum atomic E-state index is 9.67. The van der Waals surface area contributed by atoms with Gasteiger partial charge in [0, 0.05) is 30.2 Å². The van der Waals surface area contributed by atoms with Crippen molar-refractivity contribution in [1.29, 1.82) is 0 Å². The van der Waals surface area contributed by atoms with E-state index in [-0.39, 0.29) is 18.1 Å². The summed E-state index contributed by atoms with van der Waals surface area (Å²) in [6.45, 7) is 10.4. The first-order valence-electron chi connectivity index (χ1n) is 7.84. The Morgan fingerprint density at radius 1 is 1.36 bits per heavy atom. The zero-order valence-electron chi connectivity index (χ0n) is 14.0. The molecule has 2 rings (SSSR count). The summed E-state index contributed by atoms with van der Waals surface area (Å²) < 4.78 is 0. The van der Waals surface area contributed by atoms with Crippen molar-refractivity contribution < 1.29 is 5.11 Å². The van der Waals surface area contributed by atoms with Crippen LogP contribution in [-0.4, -0.2) is 32.9 Å². The van der Waals surface area contributed by atoms with Gasteiger partial charge in [-0.15, -0.1) is 0 Å². The van der Waals surface area contributed by atoms with Crippen molar-refractivity contribution >= 4 is 11.3 Å². The van der Waals surface area contributed by atoms with Crippen LogP contribution in [0.3, 0.4) is 0 Å². The van der Waals surface area contributed by atoms with Crippen LogP contribution in [0.5, 0.6) is 0 Å². The SMILES string of the molecule is CCC(CO)N(Cc1ccsc1)Cc1cc(C(C)(C)C)n[nH]1. The van der Waals surface area contributed by atoms with Gasteiger partial charge >= 0.3 is 0 Å². The van der Waals surface area contributed by atoms with Crippen molar-refractivity contribution in [3.05, 3.63) is 39.8 Å². The number of aromatic nitrogens is 2. The van der Waals surface area contributed by atoms with Crippen LogP contribution in [0.25, 0.3) is 0 Å². The lowest BCUT2D eigenvalue weighted by molar-refractivity contribution is 0.105. The summed E-state index contributed by atoms with van der Waals surface area (Å²) in [5.41, 5.74) is 3.53. The van der Waals surface area contributed by atoms with Crippen LogP contribution in [0.4, 0.5) is 0 Å². The van der Waals surface area contributed by atoms with Gasteiger partial charge in [0.1, 0.15) is 0 Å². The Balaban J connectivity index is 2.13. The van der Waals surface area contributed by atoms with Crippen LogP contribution in [0, 0.1) is 0 Å². The minimum Gasteiger partial charge on any atom is -0.395 e. The molecule has 0 radical (unpaired) electrons. The van der Waals surface area contributed by atoms with Gasteiger partial charge in [-0.2, -0.15) is 16.4 Å². The van der Waals surface area contributed by atoms with Crippen LogP contribution >= 0.6 is 11.3 Å². The Kier molecular flexibility index (Phi) is 5.78. The lowest BCUT2D eigenvalue weighted by atomic mass is 9.92. The lowest BCUT2D eigenvalue weighted by Crippen LogP contribution is -2.36. The van der Waals surface area contributed by atoms with Gasteiger partial charge in [0.2, 0.25) is 0 Å². The van der Waals surface area contributed by atoms with Crippen molar-refractivity contribution in [2.24, 2.45) is 0 Å². The monoisotopic (exact) mass is 321 g/mol. The zero-order valence-corrected chi connectivity index (χ0v) is 14.8. The van der Waals surface area contributed by atoms with Crippen LogP contribution < -0.4 is 0 Å². The van der Waals surface area contributed by atoms with Crippen LogP contribution in [-0.2, 0) is 18.5 Å². The van der Waals surface area contributed by atoms with Crippen LogP contribution in [0.15, 0.2) is 22.9 Å². The molecule has 0 aliphatic carbocycles. The standard InChI is InChI=1S/C17H27N3OS/c1-5-15(11-21)20(9-13-6-7-22-12-13)10-14-8-16(19-18-14)17(2,3)4/h6-8,12,15,21H,5,9-11H2,1-4H3,(H,18,19). The molecular formula is C17H27N3OS. The summed E-state index contributed by atoms with van der Waals surface area (Å²) in [4.78, 5) is 2.32. The van der Waals surface area contributed by atoms with Gasteiger partial charge in [-0.1, -0.05) is 27.7 Å². The van der Waals surface area contributed by atoms with Crippen molar-refractivity contribution in [3.8, 4) is 0 Å². The number of hydrogen-bond acceptors (Lipinski definition) is 4. The molecule has 0 aromatic carbocycles. The first-order valence-corrected chi connectivity index (χ1v) is 8.79. The number of aliphatic hydroxyl groups is 1. The molecule has 2 N–H and O–H groups in total. The van der Waals surface area contributed by atoms with Crippen molar-refractivity contribution in [2.75, 3.05) is 6.61 Å². The first kappa shape index (κ1) is 17.2. The van der Waals surface area contributed by atoms with Crippen LogP contribution in [0.1, 0.15) is 51.1 Å². The number of thiophene rings is 1. The Bertz CT molecular complexity index is 553. The first-order chi connectivity index (χ1) is 10.4. The molecule has 4 nitrogen and oxygen atoms in total. The number of H-pyrrole nitrogens is 1. The smallest absolute Gasteiger partial charge is 0.0678 e. The third-order valence-electron chi connectivity index (χ3n) is 3.94. The molecule has 2 aromatic heterocycles. The van der Waals surface area contributed by atoms with E-state index >= 15 is 0 Å². The molecule has 0 aliphatic heterocycles. The van der Waals surface area contributed by atoms with E-state index < -0.39 is 0 Å². The summed E-state index contributed by atoms with van der Waals surface area (Å²) in [6.07, 6.45) is 0.931. The molecular weight excluding hydrogens is 294 g/mol. The van der Waals surface area contributed by atoms with E-state index in [9.17, 15) is 5.11 Å². The second-order valence-electron chi connectivity index (χ2n) is 6.81. The highest BCUT2D eigenvalue weighted by Gasteiger charge is 2.21. The Hall–Kier alpha value is -1.17. The summed E-state index contributed by atoms with van der Waals surface area (Å²) in [6, 6.07) is 4.46. The summed E-state index contributed by atoms with van der Waals surface area (Å²) in [7, 11) is 0. The average Bonchev–Trinajstić information content (AvgIpc) is 3.10. The van der Waals surface area contributed by atoms with E-state index in [1.807, 2.05) is 0 Å². The predicted octanol–water partition coefficient (Wildman–Crippen LogP) is 3.54. The van der Waals surface area contributed by atoms with Crippen molar-refractivity contribution in [1.82, 2.24) is 15.1 Å². The number of nitrogens with zero attached hydrogens (tertiary/aromatic N) is 2. The van der Waals surface area contributed by atoms with E-state index in [4.69, 9.17) is 0 Å². The largest absolute Gasteiger partial charge is 0.395 e. The van der Waals surface area contributed by atoms with E-state index in [0.717, 1.165) is 30.9 Å². The third-order valence-corrected chi connectivity index (χ3v) is 4.67. The van der Waals surface area contributed by atoms with Gasteiger partial charge in [-0.25, -0.2) is 0 Å². The van der Waals surface area contributed by atoms with E-state index in [0.29, 0.717) is 0 Å². The highest BCUT2D eigenvalue weighted by atomic mass is 32.1. The predicted molar refractivity (Wildman–Crippen MR) is 92.0 cm³/mol. The Labute approximate surface area is 137 Å². The van der Waals surface area contributed by atoms with E-state index in [1.165, 1.54) is 5.56 Å². The molecule has 1 unspecified atom stereocenters. The van der Waals surface area contributed by atoms with Crippen molar-refractivity contribution in [3.63, 3.8) is 0 Å². The highest BCUT2D eigenvalue weighted by molar-refractivity contribution is 7.07. The molecule has 2 aromatic rings. The Morgan fingerprint density at radius 2 is 2.14 bits per heavy atom. The molecule has 0 saturated heterocycles. The molecule has 122 valence electrons. The van der Waals surface area contributed by atoms with Crippen LogP contribution in [0.2, 0.25) is 0 Å². The average molecular weight is 321 g/mol. The second kappa shape index (κ2) is 7.40. The van der Waals surface area contributed by atoms with Gasteiger partial charge in [0.15, 0.2) is 0 Å². The van der Waals surface area contributed by atoms with E-state index in [2.05, 4.69) is 65.7 Å². The molecule has 2 heterocycles. The number of rotatable bonds is 7. The molecule has 1 atom stereocenters. The molecule has 0 fully saturated rings. The number of aliphatic hydroxyl groups excluding tert-OH is 1. The fourth-order valence-electron chi connectivity index (χ4n) is 2.48. The highest BCUT2D eigenvalue weighted by Crippen LogP contribution is 2.22. The molecule has 0 amide bonds. The lowest BCUT2D eigenvalue weighted by Gasteiger charge is -2.29. The summed E-state index contributed by atoms with van der Waals surface area (Å²) in [5.74, 6) is 0. The number of hydrogen-bond donors (Lipinski definition) is 2. The number of aromatic amines is 1. The van der Waals surface area contributed by atoms with E-state index in [1.54, 1.807) is 11.3 Å². The maximum absolute atomic E-state index is 9.67. The summed E-state index contributed by atoms with van der Waals surface area (Å²) >= 11 is 1.71. The minimum absolute atomic E-state index is 0.0497. The molecule has 0 bridgehead atoms. The maximum Gasteiger partial charge on any atom is 0.0678 e. The van der Waals surface area contributed by atoms with Gasteiger partial charge < -0.3 is 5.11 Å². The molecule has 5 heteroatoms. The quantitative estimate of drug-likeness (QED) is 0.820. The zero-order chi connectivity index (χ0) is 16.2. The summed E-state index contributed by atoms with van der Waals surface area (Å²) in [5, 5.41) is 21.5. The normalized spacial score (nSPS) is 13.7. The fourth-order valence-corrected chi connectivity index (χ4v) is 3.14. The molecule has 0 saturated carbocycles. The van der Waals surface area contributed by atoms with Gasteiger partial charge in [0.25, 0.3) is 0 Å².